The van der Waals surface area contributed by atoms with Crippen LogP contribution in [-0.2, 0) is 0 Å². The quantitative estimate of drug-likeness (QED) is 0.835. The van der Waals surface area contributed by atoms with Gasteiger partial charge in [0.05, 0.1) is 7.11 Å². The van der Waals surface area contributed by atoms with E-state index in [1.807, 2.05) is 0 Å². The highest BCUT2D eigenvalue weighted by molar-refractivity contribution is 5.94. The van der Waals surface area contributed by atoms with Gasteiger partial charge in [0, 0.05) is 18.7 Å². The Bertz CT molecular complexity index is 364. The van der Waals surface area contributed by atoms with Gasteiger partial charge in [0.15, 0.2) is 0 Å². The van der Waals surface area contributed by atoms with E-state index < -0.39 is 0 Å². The minimum atomic E-state index is -0.0372. The lowest BCUT2D eigenvalue weighted by Crippen LogP contribution is -2.34. The van der Waals surface area contributed by atoms with Crippen LogP contribution in [0.4, 0.5) is 0 Å². The second kappa shape index (κ2) is 9.64. The Hall–Kier alpha value is -1.26. The molecular formula is C14H23ClN2O2. The van der Waals surface area contributed by atoms with Gasteiger partial charge >= 0.3 is 0 Å². The van der Waals surface area contributed by atoms with Crippen molar-refractivity contribution in [2.45, 2.75) is 13.8 Å². The first kappa shape index (κ1) is 17.7. The molecule has 0 saturated heterocycles. The molecule has 19 heavy (non-hydrogen) atoms. The number of methoxy groups -OCH3 is 1. The lowest BCUT2D eigenvalue weighted by molar-refractivity contribution is 0.0949. The summed E-state index contributed by atoms with van der Waals surface area (Å²) in [5.74, 6) is 0.722. The molecule has 0 fully saturated rings. The molecule has 0 radical (unpaired) electrons. The molecule has 0 heterocycles. The van der Waals surface area contributed by atoms with Gasteiger partial charge in [-0.3, -0.25) is 4.79 Å². The number of carbonyl (C=O) groups is 1. The van der Waals surface area contributed by atoms with Crippen molar-refractivity contribution in [3.05, 3.63) is 29.8 Å². The molecule has 0 aromatic heterocycles. The predicted octanol–water partition coefficient (Wildman–Crippen LogP) is 2.19. The molecule has 0 aliphatic carbocycles. The minimum Gasteiger partial charge on any atom is -0.497 e. The van der Waals surface area contributed by atoms with Crippen molar-refractivity contribution in [1.82, 2.24) is 10.2 Å². The van der Waals surface area contributed by atoms with Crippen LogP contribution in [0, 0.1) is 0 Å². The molecular weight excluding hydrogens is 264 g/mol. The molecule has 1 aromatic carbocycles. The SMILES string of the molecule is CCN(CC)CCNC(=O)c1ccc(OC)cc1.Cl. The van der Waals surface area contributed by atoms with Gasteiger partial charge in [-0.05, 0) is 37.4 Å². The summed E-state index contributed by atoms with van der Waals surface area (Å²) in [4.78, 5) is 14.1. The molecule has 108 valence electrons. The number of benzene rings is 1. The summed E-state index contributed by atoms with van der Waals surface area (Å²) in [7, 11) is 1.61. The zero-order chi connectivity index (χ0) is 13.4. The minimum absolute atomic E-state index is 0. The molecule has 0 unspecified atom stereocenters. The standard InChI is InChI=1S/C14H22N2O2.ClH/c1-4-16(5-2)11-10-15-14(17)12-6-8-13(18-3)9-7-12;/h6-9H,4-5,10-11H2,1-3H3,(H,15,17);1H. The number of nitrogens with zero attached hydrogens (tertiary/aromatic N) is 1. The fraction of sp³-hybridized carbons (Fsp3) is 0.500. The van der Waals surface area contributed by atoms with Crippen molar-refractivity contribution in [3.8, 4) is 5.75 Å². The maximum Gasteiger partial charge on any atom is 0.251 e. The highest BCUT2D eigenvalue weighted by Crippen LogP contribution is 2.10. The van der Waals surface area contributed by atoms with Crippen LogP contribution in [0.1, 0.15) is 24.2 Å². The molecule has 4 nitrogen and oxygen atoms in total. The Morgan fingerprint density at radius 2 is 1.79 bits per heavy atom. The Labute approximate surface area is 121 Å². The van der Waals surface area contributed by atoms with Crippen molar-refractivity contribution in [3.63, 3.8) is 0 Å². The van der Waals surface area contributed by atoms with Gasteiger partial charge in [-0.25, -0.2) is 0 Å². The largest absolute Gasteiger partial charge is 0.497 e. The number of nitrogens with one attached hydrogen (secondary N) is 1. The van der Waals surface area contributed by atoms with E-state index in [9.17, 15) is 4.79 Å². The summed E-state index contributed by atoms with van der Waals surface area (Å²) in [6.07, 6.45) is 0. The van der Waals surface area contributed by atoms with E-state index in [4.69, 9.17) is 4.74 Å². The van der Waals surface area contributed by atoms with E-state index in [0.29, 0.717) is 12.1 Å². The first-order valence-electron chi connectivity index (χ1n) is 6.35. The molecule has 0 bridgehead atoms. The van der Waals surface area contributed by atoms with Crippen LogP contribution in [0.2, 0.25) is 0 Å². The molecule has 1 N–H and O–H groups in total. The lowest BCUT2D eigenvalue weighted by Gasteiger charge is -2.17. The van der Waals surface area contributed by atoms with E-state index >= 15 is 0 Å². The Balaban J connectivity index is 0.00000324. The van der Waals surface area contributed by atoms with Crippen molar-refractivity contribution in [1.29, 1.82) is 0 Å². The first-order valence-corrected chi connectivity index (χ1v) is 6.35. The summed E-state index contributed by atoms with van der Waals surface area (Å²) >= 11 is 0. The van der Waals surface area contributed by atoms with E-state index in [1.54, 1.807) is 31.4 Å². The van der Waals surface area contributed by atoms with Gasteiger partial charge in [-0.1, -0.05) is 13.8 Å². The third kappa shape index (κ3) is 5.94. The number of hydrogen-bond acceptors (Lipinski definition) is 3. The fourth-order valence-electron chi connectivity index (χ4n) is 1.71. The van der Waals surface area contributed by atoms with Gasteiger partial charge in [-0.15, -0.1) is 12.4 Å². The molecule has 0 aliphatic heterocycles. The molecule has 5 heteroatoms. The van der Waals surface area contributed by atoms with Crippen LogP contribution in [-0.4, -0.2) is 44.1 Å². The normalized spacial score (nSPS) is 9.89. The highest BCUT2D eigenvalue weighted by Gasteiger charge is 2.05. The topological polar surface area (TPSA) is 41.6 Å². The Morgan fingerprint density at radius 1 is 1.21 bits per heavy atom. The van der Waals surface area contributed by atoms with E-state index in [2.05, 4.69) is 24.1 Å². The number of rotatable bonds is 7. The van der Waals surface area contributed by atoms with Crippen LogP contribution in [0.5, 0.6) is 5.75 Å². The molecule has 1 rings (SSSR count). The molecule has 0 spiro atoms. The number of ether oxygens (including phenoxy) is 1. The maximum atomic E-state index is 11.8. The summed E-state index contributed by atoms with van der Waals surface area (Å²) in [6, 6.07) is 7.12. The third-order valence-electron chi connectivity index (χ3n) is 2.96. The predicted molar refractivity (Wildman–Crippen MR) is 80.4 cm³/mol. The van der Waals surface area contributed by atoms with Gasteiger partial charge < -0.3 is 15.0 Å². The van der Waals surface area contributed by atoms with Crippen LogP contribution < -0.4 is 10.1 Å². The maximum absolute atomic E-state index is 11.8. The number of hydrogen-bond donors (Lipinski definition) is 1. The summed E-state index contributed by atoms with van der Waals surface area (Å²) in [6.45, 7) is 7.81. The summed E-state index contributed by atoms with van der Waals surface area (Å²) in [5, 5.41) is 2.91. The average Bonchev–Trinajstić information content (AvgIpc) is 2.43. The second-order valence-electron chi connectivity index (χ2n) is 4.01. The zero-order valence-corrected chi connectivity index (χ0v) is 12.6. The highest BCUT2D eigenvalue weighted by atomic mass is 35.5. The fourth-order valence-corrected chi connectivity index (χ4v) is 1.71. The number of carbonyl (C=O) groups excluding carboxylic acids is 1. The molecule has 1 amide bonds. The molecule has 0 saturated carbocycles. The average molecular weight is 287 g/mol. The monoisotopic (exact) mass is 286 g/mol. The number of amides is 1. The number of halogens is 1. The smallest absolute Gasteiger partial charge is 0.251 e. The summed E-state index contributed by atoms with van der Waals surface area (Å²) in [5.41, 5.74) is 0.662. The number of likely N-dealkylation sites (N-methyl/N-ethyl adjacent to an activating group) is 1. The van der Waals surface area contributed by atoms with Crippen LogP contribution in [0.25, 0.3) is 0 Å². The van der Waals surface area contributed by atoms with Crippen molar-refractivity contribution in [2.24, 2.45) is 0 Å². The van der Waals surface area contributed by atoms with Crippen LogP contribution >= 0.6 is 12.4 Å². The zero-order valence-electron chi connectivity index (χ0n) is 11.8. The van der Waals surface area contributed by atoms with Gasteiger partial charge in [0.25, 0.3) is 5.91 Å². The first-order chi connectivity index (χ1) is 8.71. The third-order valence-corrected chi connectivity index (χ3v) is 2.96. The Kier molecular flexibility index (Phi) is 9.00. The van der Waals surface area contributed by atoms with Gasteiger partial charge in [0.1, 0.15) is 5.75 Å². The van der Waals surface area contributed by atoms with Crippen molar-refractivity contribution < 1.29 is 9.53 Å². The second-order valence-corrected chi connectivity index (χ2v) is 4.01. The van der Waals surface area contributed by atoms with E-state index in [-0.39, 0.29) is 18.3 Å². The molecule has 0 aliphatic rings. The van der Waals surface area contributed by atoms with E-state index in [1.165, 1.54) is 0 Å². The van der Waals surface area contributed by atoms with Crippen LogP contribution in [0.3, 0.4) is 0 Å². The lowest BCUT2D eigenvalue weighted by atomic mass is 10.2. The molecule has 1 aromatic rings. The van der Waals surface area contributed by atoms with Crippen molar-refractivity contribution in [2.75, 3.05) is 33.3 Å². The van der Waals surface area contributed by atoms with Crippen LogP contribution in [0.15, 0.2) is 24.3 Å². The summed E-state index contributed by atoms with van der Waals surface area (Å²) < 4.78 is 5.05. The van der Waals surface area contributed by atoms with Gasteiger partial charge in [-0.2, -0.15) is 0 Å². The Morgan fingerprint density at radius 3 is 2.26 bits per heavy atom. The van der Waals surface area contributed by atoms with Crippen molar-refractivity contribution >= 4 is 18.3 Å². The van der Waals surface area contributed by atoms with E-state index in [0.717, 1.165) is 25.4 Å². The molecule has 0 atom stereocenters. The van der Waals surface area contributed by atoms with Gasteiger partial charge in [0.2, 0.25) is 0 Å².